The zero-order valence-corrected chi connectivity index (χ0v) is 12.7. The fraction of sp³-hybridized carbons (Fsp3) is 0.467. The van der Waals surface area contributed by atoms with Gasteiger partial charge in [0.25, 0.3) is 0 Å². The quantitative estimate of drug-likeness (QED) is 0.843. The summed E-state index contributed by atoms with van der Waals surface area (Å²) in [5, 5.41) is 11.4. The zero-order chi connectivity index (χ0) is 16.9. The summed E-state index contributed by atoms with van der Waals surface area (Å²) in [4.78, 5) is 22.9. The molecule has 1 rings (SSSR count). The van der Waals surface area contributed by atoms with E-state index in [1.807, 2.05) is 0 Å². The van der Waals surface area contributed by atoms with E-state index in [1.165, 1.54) is 6.07 Å². The van der Waals surface area contributed by atoms with Crippen molar-refractivity contribution in [3.63, 3.8) is 0 Å². The van der Waals surface area contributed by atoms with E-state index in [-0.39, 0.29) is 18.8 Å². The smallest absolute Gasteiger partial charge is 0.328 e. The van der Waals surface area contributed by atoms with Crippen LogP contribution >= 0.6 is 0 Å². The molecule has 1 unspecified atom stereocenters. The van der Waals surface area contributed by atoms with Crippen LogP contribution in [0.3, 0.4) is 0 Å². The first-order chi connectivity index (χ1) is 10.1. The molecular formula is C15H19F2NO4. The lowest BCUT2D eigenvalue weighted by molar-refractivity contribution is -0.145. The summed E-state index contributed by atoms with van der Waals surface area (Å²) in [5.41, 5.74) is -0.635. The molecule has 2 N–H and O–H groups in total. The number of halogens is 2. The molecule has 1 aromatic rings. The third kappa shape index (κ3) is 5.40. The minimum Gasteiger partial charge on any atom is -0.480 e. The number of carboxylic acid groups (broad SMARTS) is 1. The number of hydrogen-bond donors (Lipinski definition) is 2. The van der Waals surface area contributed by atoms with Crippen LogP contribution in [-0.2, 0) is 20.9 Å². The third-order valence-corrected chi connectivity index (χ3v) is 2.84. The van der Waals surface area contributed by atoms with Gasteiger partial charge in [0.2, 0.25) is 5.91 Å². The second-order valence-electron chi connectivity index (χ2n) is 5.87. The molecule has 22 heavy (non-hydrogen) atoms. The summed E-state index contributed by atoms with van der Waals surface area (Å²) in [6.45, 7) is 4.40. The van der Waals surface area contributed by atoms with Gasteiger partial charge in [-0.1, -0.05) is 26.8 Å². The van der Waals surface area contributed by atoms with E-state index in [4.69, 9.17) is 9.84 Å². The second-order valence-corrected chi connectivity index (χ2v) is 5.87. The Hall–Kier alpha value is -2.02. The van der Waals surface area contributed by atoms with Crippen LogP contribution in [0.25, 0.3) is 0 Å². The SMILES string of the molecule is CC(C)(C)C(=O)NC(COCc1ccc(F)cc1F)C(=O)O. The van der Waals surface area contributed by atoms with Crippen LogP contribution in [0, 0.1) is 17.0 Å². The van der Waals surface area contributed by atoms with Gasteiger partial charge in [-0.25, -0.2) is 13.6 Å². The van der Waals surface area contributed by atoms with Crippen LogP contribution in [0.15, 0.2) is 18.2 Å². The van der Waals surface area contributed by atoms with Crippen LogP contribution in [0.1, 0.15) is 26.3 Å². The number of carbonyl (C=O) groups is 2. The number of amides is 1. The van der Waals surface area contributed by atoms with Crippen LogP contribution in [-0.4, -0.2) is 29.6 Å². The first kappa shape index (κ1) is 18.0. The largest absolute Gasteiger partial charge is 0.480 e. The number of carbonyl (C=O) groups excluding carboxylic acids is 1. The third-order valence-electron chi connectivity index (χ3n) is 2.84. The van der Waals surface area contributed by atoms with Crippen molar-refractivity contribution in [3.8, 4) is 0 Å². The molecule has 0 saturated heterocycles. The second kappa shape index (κ2) is 7.31. The summed E-state index contributed by atoms with van der Waals surface area (Å²) in [6.07, 6.45) is 0. The lowest BCUT2D eigenvalue weighted by Crippen LogP contribution is -2.48. The van der Waals surface area contributed by atoms with Crippen LogP contribution in [0.2, 0.25) is 0 Å². The highest BCUT2D eigenvalue weighted by atomic mass is 19.1. The highest BCUT2D eigenvalue weighted by Gasteiger charge is 2.27. The topological polar surface area (TPSA) is 75.6 Å². The summed E-state index contributed by atoms with van der Waals surface area (Å²) in [6, 6.07) is 1.77. The van der Waals surface area contributed by atoms with E-state index < -0.39 is 35.0 Å². The van der Waals surface area contributed by atoms with Crippen molar-refractivity contribution in [2.75, 3.05) is 6.61 Å². The first-order valence-electron chi connectivity index (χ1n) is 6.66. The molecule has 7 heteroatoms. The summed E-state index contributed by atoms with van der Waals surface area (Å²) >= 11 is 0. The number of benzene rings is 1. The minimum absolute atomic E-state index is 0.104. The molecule has 1 aromatic carbocycles. The Kier molecular flexibility index (Phi) is 5.99. The average molecular weight is 315 g/mol. The van der Waals surface area contributed by atoms with Gasteiger partial charge in [-0.05, 0) is 6.07 Å². The molecule has 0 spiro atoms. The molecule has 1 atom stereocenters. The average Bonchev–Trinajstić information content (AvgIpc) is 2.38. The van der Waals surface area contributed by atoms with Gasteiger partial charge in [0.1, 0.15) is 11.6 Å². The summed E-state index contributed by atoms with van der Waals surface area (Å²) in [7, 11) is 0. The van der Waals surface area contributed by atoms with E-state index >= 15 is 0 Å². The highest BCUT2D eigenvalue weighted by molar-refractivity contribution is 5.86. The fourth-order valence-electron chi connectivity index (χ4n) is 1.47. The van der Waals surface area contributed by atoms with E-state index in [0.717, 1.165) is 12.1 Å². The van der Waals surface area contributed by atoms with Gasteiger partial charge in [0, 0.05) is 17.0 Å². The predicted molar refractivity (Wildman–Crippen MR) is 75.0 cm³/mol. The molecule has 0 aliphatic rings. The molecule has 1 amide bonds. The molecule has 0 aromatic heterocycles. The summed E-state index contributed by atoms with van der Waals surface area (Å²) in [5.74, 6) is -3.17. The number of hydrogen-bond acceptors (Lipinski definition) is 3. The Bertz CT molecular complexity index is 555. The van der Waals surface area contributed by atoms with Gasteiger partial charge in [-0.3, -0.25) is 4.79 Å². The maximum absolute atomic E-state index is 13.4. The van der Waals surface area contributed by atoms with E-state index in [0.29, 0.717) is 0 Å². The lowest BCUT2D eigenvalue weighted by Gasteiger charge is -2.21. The molecule has 0 radical (unpaired) electrons. The van der Waals surface area contributed by atoms with Gasteiger partial charge < -0.3 is 15.2 Å². The standard InChI is InChI=1S/C15H19F2NO4/c1-15(2,3)14(21)18-12(13(19)20)8-22-7-9-4-5-10(16)6-11(9)17/h4-6,12H,7-8H2,1-3H3,(H,18,21)(H,19,20). The Morgan fingerprint density at radius 2 is 1.95 bits per heavy atom. The number of aliphatic carboxylic acids is 1. The molecule has 122 valence electrons. The number of rotatable bonds is 6. The zero-order valence-electron chi connectivity index (χ0n) is 12.7. The lowest BCUT2D eigenvalue weighted by atomic mass is 9.95. The predicted octanol–water partition coefficient (Wildman–Crippen LogP) is 2.10. The summed E-state index contributed by atoms with van der Waals surface area (Å²) < 4.78 is 31.3. The Morgan fingerprint density at radius 1 is 1.32 bits per heavy atom. The van der Waals surface area contributed by atoms with Crippen molar-refractivity contribution < 1.29 is 28.2 Å². The van der Waals surface area contributed by atoms with Crippen LogP contribution in [0.4, 0.5) is 8.78 Å². The van der Waals surface area contributed by atoms with Crippen molar-refractivity contribution >= 4 is 11.9 Å². The van der Waals surface area contributed by atoms with Crippen molar-refractivity contribution in [2.45, 2.75) is 33.4 Å². The van der Waals surface area contributed by atoms with Gasteiger partial charge in [0.05, 0.1) is 13.2 Å². The highest BCUT2D eigenvalue weighted by Crippen LogP contribution is 2.13. The van der Waals surface area contributed by atoms with Gasteiger partial charge >= 0.3 is 5.97 Å². The van der Waals surface area contributed by atoms with Crippen molar-refractivity contribution in [1.82, 2.24) is 5.32 Å². The molecule has 0 bridgehead atoms. The molecule has 0 aliphatic heterocycles. The molecule has 0 saturated carbocycles. The van der Waals surface area contributed by atoms with Gasteiger partial charge in [-0.2, -0.15) is 0 Å². The van der Waals surface area contributed by atoms with Crippen molar-refractivity contribution in [1.29, 1.82) is 0 Å². The molecule has 0 heterocycles. The minimum atomic E-state index is -1.25. The van der Waals surface area contributed by atoms with E-state index in [1.54, 1.807) is 20.8 Å². The molecular weight excluding hydrogens is 296 g/mol. The normalized spacial score (nSPS) is 12.8. The number of ether oxygens (including phenoxy) is 1. The van der Waals surface area contributed by atoms with Crippen LogP contribution in [0.5, 0.6) is 0 Å². The maximum atomic E-state index is 13.4. The van der Waals surface area contributed by atoms with E-state index in [9.17, 15) is 18.4 Å². The molecule has 0 aliphatic carbocycles. The van der Waals surface area contributed by atoms with Gasteiger partial charge in [0.15, 0.2) is 6.04 Å². The Balaban J connectivity index is 2.58. The fourth-order valence-corrected chi connectivity index (χ4v) is 1.47. The monoisotopic (exact) mass is 315 g/mol. The maximum Gasteiger partial charge on any atom is 0.328 e. The van der Waals surface area contributed by atoms with E-state index in [2.05, 4.69) is 5.32 Å². The first-order valence-corrected chi connectivity index (χ1v) is 6.66. The number of nitrogens with one attached hydrogen (secondary N) is 1. The Labute approximate surface area is 127 Å². The van der Waals surface area contributed by atoms with Gasteiger partial charge in [-0.15, -0.1) is 0 Å². The van der Waals surface area contributed by atoms with Crippen molar-refractivity contribution in [2.24, 2.45) is 5.41 Å². The molecule has 5 nitrogen and oxygen atoms in total. The van der Waals surface area contributed by atoms with Crippen molar-refractivity contribution in [3.05, 3.63) is 35.4 Å². The Morgan fingerprint density at radius 3 is 2.45 bits per heavy atom. The molecule has 0 fully saturated rings. The number of carboxylic acids is 1. The van der Waals surface area contributed by atoms with Crippen LogP contribution < -0.4 is 5.32 Å².